The lowest BCUT2D eigenvalue weighted by Crippen LogP contribution is -2.47. The molecule has 0 spiro atoms. The number of benzene rings is 1. The Balaban J connectivity index is 1.86. The van der Waals surface area contributed by atoms with Crippen molar-refractivity contribution in [1.82, 2.24) is 4.90 Å². The van der Waals surface area contributed by atoms with E-state index in [1.165, 1.54) is 11.1 Å². The number of amides is 1. The van der Waals surface area contributed by atoms with E-state index in [1.54, 1.807) is 4.90 Å². The fraction of sp³-hybridized carbons (Fsp3) is 0.667. The van der Waals surface area contributed by atoms with Gasteiger partial charge in [0.05, 0.1) is 13.2 Å². The first-order valence-electron chi connectivity index (χ1n) is 9.55. The highest BCUT2D eigenvalue weighted by atomic mass is 16.7. The number of carbonyl (C=O) groups excluding carboxylic acids is 1. The van der Waals surface area contributed by atoms with E-state index in [0.717, 1.165) is 25.7 Å². The molecule has 144 valence electrons. The van der Waals surface area contributed by atoms with E-state index in [9.17, 15) is 4.79 Å². The van der Waals surface area contributed by atoms with Crippen LogP contribution in [0.1, 0.15) is 51.2 Å². The molecule has 1 saturated heterocycles. The maximum Gasteiger partial charge on any atom is 0.410 e. The first kappa shape index (κ1) is 19.2. The lowest BCUT2D eigenvalue weighted by atomic mass is 9.67. The minimum atomic E-state index is -0.499. The zero-order valence-electron chi connectivity index (χ0n) is 16.4. The van der Waals surface area contributed by atoms with Crippen molar-refractivity contribution in [1.29, 1.82) is 0 Å². The van der Waals surface area contributed by atoms with Crippen LogP contribution in [0.4, 0.5) is 4.79 Å². The predicted molar refractivity (Wildman–Crippen MR) is 100 cm³/mol. The molecule has 1 aliphatic heterocycles. The molecule has 1 atom stereocenters. The molecule has 5 nitrogen and oxygen atoms in total. The van der Waals surface area contributed by atoms with Crippen molar-refractivity contribution < 1.29 is 19.0 Å². The van der Waals surface area contributed by atoms with Gasteiger partial charge in [-0.1, -0.05) is 24.3 Å². The second-order valence-corrected chi connectivity index (χ2v) is 8.50. The molecule has 26 heavy (non-hydrogen) atoms. The third-order valence-corrected chi connectivity index (χ3v) is 5.18. The van der Waals surface area contributed by atoms with E-state index in [-0.39, 0.29) is 17.8 Å². The molecule has 0 radical (unpaired) electrons. The Morgan fingerprint density at radius 2 is 1.96 bits per heavy atom. The zero-order chi connectivity index (χ0) is 18.8. The van der Waals surface area contributed by atoms with Gasteiger partial charge in [-0.05, 0) is 51.2 Å². The normalized spacial score (nSPS) is 23.5. The minimum absolute atomic E-state index is 0.171. The standard InChI is InChI=1S/C21H31NO4/c1-20(2,3)26-19(23)22(4)15-21(14-18-24-12-13-25-18)11-7-9-16-8-5-6-10-17(16)21/h5-6,8,10,18H,7,9,11-15H2,1-4H3. The molecule has 1 unspecified atom stereocenters. The Morgan fingerprint density at radius 3 is 2.65 bits per heavy atom. The van der Waals surface area contributed by atoms with Crippen LogP contribution < -0.4 is 0 Å². The minimum Gasteiger partial charge on any atom is -0.444 e. The van der Waals surface area contributed by atoms with Gasteiger partial charge in [0.1, 0.15) is 5.60 Å². The molecule has 1 amide bonds. The summed E-state index contributed by atoms with van der Waals surface area (Å²) in [6.45, 7) is 7.57. The summed E-state index contributed by atoms with van der Waals surface area (Å²) in [6.07, 6.45) is 3.48. The first-order chi connectivity index (χ1) is 12.3. The van der Waals surface area contributed by atoms with Crippen LogP contribution in [0.2, 0.25) is 0 Å². The number of nitrogens with zero attached hydrogens (tertiary/aromatic N) is 1. The van der Waals surface area contributed by atoms with E-state index in [1.807, 2.05) is 27.8 Å². The lowest BCUT2D eigenvalue weighted by Gasteiger charge is -2.42. The Hall–Kier alpha value is -1.59. The van der Waals surface area contributed by atoms with Gasteiger partial charge in [-0.3, -0.25) is 0 Å². The summed E-state index contributed by atoms with van der Waals surface area (Å²) >= 11 is 0. The Bertz CT molecular complexity index is 633. The van der Waals surface area contributed by atoms with Gasteiger partial charge in [-0.15, -0.1) is 0 Å². The predicted octanol–water partition coefficient (Wildman–Crippen LogP) is 3.89. The van der Waals surface area contributed by atoms with Gasteiger partial charge in [-0.2, -0.15) is 0 Å². The van der Waals surface area contributed by atoms with Crippen LogP contribution in [-0.4, -0.2) is 49.7 Å². The molecule has 0 aromatic heterocycles. The number of carbonyl (C=O) groups is 1. The van der Waals surface area contributed by atoms with Crippen LogP contribution in [0.3, 0.4) is 0 Å². The van der Waals surface area contributed by atoms with Gasteiger partial charge in [-0.25, -0.2) is 4.79 Å². The van der Waals surface area contributed by atoms with Crippen molar-refractivity contribution in [2.45, 2.75) is 63.8 Å². The summed E-state index contributed by atoms with van der Waals surface area (Å²) in [5.74, 6) is 0. The van der Waals surface area contributed by atoms with Gasteiger partial charge in [0.2, 0.25) is 0 Å². The van der Waals surface area contributed by atoms with Crippen LogP contribution in [0, 0.1) is 0 Å². The average Bonchev–Trinajstić information content (AvgIpc) is 3.06. The molecule has 2 aliphatic rings. The number of hydrogen-bond acceptors (Lipinski definition) is 4. The van der Waals surface area contributed by atoms with Crippen molar-refractivity contribution in [2.24, 2.45) is 0 Å². The van der Waals surface area contributed by atoms with Gasteiger partial charge < -0.3 is 19.1 Å². The van der Waals surface area contributed by atoms with E-state index in [2.05, 4.69) is 24.3 Å². The topological polar surface area (TPSA) is 48.0 Å². The largest absolute Gasteiger partial charge is 0.444 e. The Labute approximate surface area is 156 Å². The highest BCUT2D eigenvalue weighted by Crippen LogP contribution is 2.42. The van der Waals surface area contributed by atoms with Crippen molar-refractivity contribution in [3.8, 4) is 0 Å². The second kappa shape index (κ2) is 7.57. The number of likely N-dealkylation sites (N-methyl/N-ethyl adjacent to an activating group) is 1. The monoisotopic (exact) mass is 361 g/mol. The highest BCUT2D eigenvalue weighted by molar-refractivity contribution is 5.68. The molecule has 5 heteroatoms. The second-order valence-electron chi connectivity index (χ2n) is 8.50. The first-order valence-corrected chi connectivity index (χ1v) is 9.55. The molecule has 1 aliphatic carbocycles. The Morgan fingerprint density at radius 1 is 1.27 bits per heavy atom. The maximum absolute atomic E-state index is 12.6. The number of ether oxygens (including phenoxy) is 3. The van der Waals surface area contributed by atoms with Crippen LogP contribution >= 0.6 is 0 Å². The highest BCUT2D eigenvalue weighted by Gasteiger charge is 2.42. The van der Waals surface area contributed by atoms with E-state index in [0.29, 0.717) is 19.8 Å². The average molecular weight is 361 g/mol. The van der Waals surface area contributed by atoms with Gasteiger partial charge >= 0.3 is 6.09 Å². The summed E-state index contributed by atoms with van der Waals surface area (Å²) in [5.41, 5.74) is 2.02. The fourth-order valence-electron chi connectivity index (χ4n) is 4.15. The van der Waals surface area contributed by atoms with Gasteiger partial charge in [0.25, 0.3) is 0 Å². The summed E-state index contributed by atoms with van der Waals surface area (Å²) in [4.78, 5) is 14.3. The maximum atomic E-state index is 12.6. The number of fused-ring (bicyclic) bond motifs is 1. The number of hydrogen-bond donors (Lipinski definition) is 0. The summed E-state index contributed by atoms with van der Waals surface area (Å²) in [5, 5.41) is 0. The SMILES string of the molecule is CN(CC1(CC2OCCO2)CCCc2ccccc21)C(=O)OC(C)(C)C. The molecule has 0 bridgehead atoms. The molecule has 1 fully saturated rings. The molecule has 1 aromatic rings. The van der Waals surface area contributed by atoms with Crippen LogP contribution in [-0.2, 0) is 26.0 Å². The Kier molecular flexibility index (Phi) is 5.58. The molecule has 0 saturated carbocycles. The van der Waals surface area contributed by atoms with Crippen molar-refractivity contribution in [3.05, 3.63) is 35.4 Å². The van der Waals surface area contributed by atoms with E-state index in [4.69, 9.17) is 14.2 Å². The molecular weight excluding hydrogens is 330 g/mol. The zero-order valence-corrected chi connectivity index (χ0v) is 16.4. The van der Waals surface area contributed by atoms with E-state index < -0.39 is 5.60 Å². The molecule has 1 aromatic carbocycles. The summed E-state index contributed by atoms with van der Waals surface area (Å²) < 4.78 is 17.1. The van der Waals surface area contributed by atoms with Gasteiger partial charge in [0, 0.05) is 25.4 Å². The smallest absolute Gasteiger partial charge is 0.410 e. The third kappa shape index (κ3) is 4.38. The summed E-state index contributed by atoms with van der Waals surface area (Å²) in [6, 6.07) is 8.58. The van der Waals surface area contributed by atoms with Crippen LogP contribution in [0.25, 0.3) is 0 Å². The van der Waals surface area contributed by atoms with Crippen molar-refractivity contribution in [3.63, 3.8) is 0 Å². The third-order valence-electron chi connectivity index (χ3n) is 5.18. The number of rotatable bonds is 4. The van der Waals surface area contributed by atoms with Crippen LogP contribution in [0.5, 0.6) is 0 Å². The summed E-state index contributed by atoms with van der Waals surface area (Å²) in [7, 11) is 1.82. The molecular formula is C21H31NO4. The number of aryl methyl sites for hydroxylation is 1. The van der Waals surface area contributed by atoms with Crippen molar-refractivity contribution >= 4 is 6.09 Å². The van der Waals surface area contributed by atoms with Crippen molar-refractivity contribution in [2.75, 3.05) is 26.8 Å². The fourth-order valence-corrected chi connectivity index (χ4v) is 4.15. The lowest BCUT2D eigenvalue weighted by molar-refractivity contribution is -0.0667. The molecule has 0 N–H and O–H groups in total. The molecule has 1 heterocycles. The van der Waals surface area contributed by atoms with Crippen LogP contribution in [0.15, 0.2) is 24.3 Å². The quantitative estimate of drug-likeness (QED) is 0.816. The molecule has 3 rings (SSSR count). The van der Waals surface area contributed by atoms with Gasteiger partial charge in [0.15, 0.2) is 6.29 Å². The van der Waals surface area contributed by atoms with E-state index >= 15 is 0 Å².